The first kappa shape index (κ1) is 15.7. The molecule has 112 valence electrons. The summed E-state index contributed by atoms with van der Waals surface area (Å²) in [4.78, 5) is 0. The van der Waals surface area contributed by atoms with Gasteiger partial charge in [-0.15, -0.1) is 0 Å². The van der Waals surface area contributed by atoms with Crippen LogP contribution in [-0.2, 0) is 6.18 Å². The predicted octanol–water partition coefficient (Wildman–Crippen LogP) is 5.84. The third-order valence-electron chi connectivity index (χ3n) is 3.33. The first-order valence-electron chi connectivity index (χ1n) is 6.48. The van der Waals surface area contributed by atoms with Crippen molar-refractivity contribution in [3.8, 4) is 0 Å². The summed E-state index contributed by atoms with van der Waals surface area (Å²) in [5.74, 6) is 0. The van der Waals surface area contributed by atoms with E-state index in [-0.39, 0.29) is 16.8 Å². The molecule has 2 aromatic carbocycles. The fraction of sp³-hybridized carbons (Fsp3) is 0.250. The molecule has 21 heavy (non-hydrogen) atoms. The Labute approximate surface area is 126 Å². The highest BCUT2D eigenvalue weighted by Crippen LogP contribution is 2.40. The molecule has 0 spiro atoms. The number of alkyl halides is 3. The standard InChI is InChI=1S/C16H15ClF3N/c1-10-6-3-4-7-12(10)11(2)21-15-13(16(18,19)20)8-5-9-14(15)17/h3-9,11,21H,1-2H3. The molecule has 0 amide bonds. The van der Waals surface area contributed by atoms with Crippen molar-refractivity contribution in [1.29, 1.82) is 0 Å². The minimum Gasteiger partial charge on any atom is -0.377 e. The maximum Gasteiger partial charge on any atom is 0.418 e. The van der Waals surface area contributed by atoms with Crippen molar-refractivity contribution in [1.82, 2.24) is 0 Å². The van der Waals surface area contributed by atoms with Gasteiger partial charge in [-0.25, -0.2) is 0 Å². The lowest BCUT2D eigenvalue weighted by atomic mass is 10.0. The molecule has 0 saturated heterocycles. The average Bonchev–Trinajstić information content (AvgIpc) is 2.40. The third kappa shape index (κ3) is 3.50. The predicted molar refractivity (Wildman–Crippen MR) is 79.7 cm³/mol. The fourth-order valence-corrected chi connectivity index (χ4v) is 2.50. The van der Waals surface area contributed by atoms with Crippen LogP contribution in [0, 0.1) is 6.92 Å². The molecule has 0 aromatic heterocycles. The molecule has 2 rings (SSSR count). The Balaban J connectivity index is 2.38. The molecule has 0 saturated carbocycles. The van der Waals surface area contributed by atoms with Gasteiger partial charge in [-0.05, 0) is 37.1 Å². The van der Waals surface area contributed by atoms with Gasteiger partial charge in [0.1, 0.15) is 0 Å². The van der Waals surface area contributed by atoms with E-state index >= 15 is 0 Å². The molecule has 1 N–H and O–H groups in total. The molecule has 1 nitrogen and oxygen atoms in total. The Morgan fingerprint density at radius 2 is 1.71 bits per heavy atom. The van der Waals surface area contributed by atoms with Crippen molar-refractivity contribution in [3.05, 3.63) is 64.2 Å². The molecule has 1 atom stereocenters. The number of benzene rings is 2. The zero-order chi connectivity index (χ0) is 15.6. The molecule has 0 bridgehead atoms. The van der Waals surface area contributed by atoms with Gasteiger partial charge in [-0.1, -0.05) is 41.9 Å². The van der Waals surface area contributed by atoms with Gasteiger partial charge in [0.25, 0.3) is 0 Å². The number of halogens is 4. The zero-order valence-electron chi connectivity index (χ0n) is 11.6. The van der Waals surface area contributed by atoms with Crippen molar-refractivity contribution in [3.63, 3.8) is 0 Å². The second-order valence-electron chi connectivity index (χ2n) is 4.88. The smallest absolute Gasteiger partial charge is 0.377 e. The summed E-state index contributed by atoms with van der Waals surface area (Å²) in [6.07, 6.45) is -4.45. The number of aryl methyl sites for hydroxylation is 1. The van der Waals surface area contributed by atoms with Gasteiger partial charge in [0.2, 0.25) is 0 Å². The Morgan fingerprint density at radius 3 is 2.33 bits per heavy atom. The van der Waals surface area contributed by atoms with Gasteiger partial charge in [-0.3, -0.25) is 0 Å². The number of rotatable bonds is 3. The van der Waals surface area contributed by atoms with Crippen LogP contribution in [0.3, 0.4) is 0 Å². The third-order valence-corrected chi connectivity index (χ3v) is 3.65. The second kappa shape index (κ2) is 5.98. The lowest BCUT2D eigenvalue weighted by Crippen LogP contribution is -2.14. The van der Waals surface area contributed by atoms with Crippen LogP contribution in [0.15, 0.2) is 42.5 Å². The van der Waals surface area contributed by atoms with E-state index in [1.165, 1.54) is 12.1 Å². The molecule has 0 heterocycles. The maximum absolute atomic E-state index is 13.1. The summed E-state index contributed by atoms with van der Waals surface area (Å²) in [5.41, 5.74) is 1.11. The molecule has 5 heteroatoms. The van der Waals surface area contributed by atoms with Crippen LogP contribution in [-0.4, -0.2) is 0 Å². The van der Waals surface area contributed by atoms with Gasteiger partial charge in [0, 0.05) is 6.04 Å². The molecule has 0 aliphatic heterocycles. The summed E-state index contributed by atoms with van der Waals surface area (Å²) < 4.78 is 39.2. The van der Waals surface area contributed by atoms with Crippen LogP contribution in [0.5, 0.6) is 0 Å². The number of nitrogens with one attached hydrogen (secondary N) is 1. The number of hydrogen-bond acceptors (Lipinski definition) is 1. The molecule has 2 aromatic rings. The van der Waals surface area contributed by atoms with Crippen molar-refractivity contribution in [2.45, 2.75) is 26.1 Å². The maximum atomic E-state index is 13.1. The number of hydrogen-bond donors (Lipinski definition) is 1. The SMILES string of the molecule is Cc1ccccc1C(C)Nc1c(Cl)cccc1C(F)(F)F. The topological polar surface area (TPSA) is 12.0 Å². The Kier molecular flexibility index (Phi) is 4.47. The lowest BCUT2D eigenvalue weighted by molar-refractivity contribution is -0.137. The quantitative estimate of drug-likeness (QED) is 0.750. The highest BCUT2D eigenvalue weighted by Gasteiger charge is 2.34. The monoisotopic (exact) mass is 313 g/mol. The summed E-state index contributed by atoms with van der Waals surface area (Å²) in [7, 11) is 0. The first-order valence-corrected chi connectivity index (χ1v) is 6.86. The van der Waals surface area contributed by atoms with Crippen LogP contribution >= 0.6 is 11.6 Å². The van der Waals surface area contributed by atoms with Gasteiger partial charge in [0.05, 0.1) is 16.3 Å². The summed E-state index contributed by atoms with van der Waals surface area (Å²) in [6, 6.07) is 11.0. The normalized spacial score (nSPS) is 13.0. The van der Waals surface area contributed by atoms with Crippen LogP contribution in [0.4, 0.5) is 18.9 Å². The summed E-state index contributed by atoms with van der Waals surface area (Å²) in [6.45, 7) is 3.73. The van der Waals surface area contributed by atoms with Gasteiger partial charge >= 0.3 is 6.18 Å². The molecule has 0 aliphatic carbocycles. The lowest BCUT2D eigenvalue weighted by Gasteiger charge is -2.22. The van der Waals surface area contributed by atoms with Crippen LogP contribution in [0.25, 0.3) is 0 Å². The van der Waals surface area contributed by atoms with E-state index < -0.39 is 11.7 Å². The molecule has 0 fully saturated rings. The van der Waals surface area contributed by atoms with E-state index in [0.29, 0.717) is 0 Å². The van der Waals surface area contributed by atoms with E-state index in [1.807, 2.05) is 38.1 Å². The van der Waals surface area contributed by atoms with E-state index in [4.69, 9.17) is 11.6 Å². The Bertz CT molecular complexity index is 638. The summed E-state index contributed by atoms with van der Waals surface area (Å²) in [5, 5.41) is 2.95. The van der Waals surface area contributed by atoms with Crippen LogP contribution < -0.4 is 5.32 Å². The number of anilines is 1. The molecular formula is C16H15ClF3N. The molecular weight excluding hydrogens is 299 g/mol. The van der Waals surface area contributed by atoms with E-state index in [2.05, 4.69) is 5.32 Å². The molecule has 1 unspecified atom stereocenters. The molecule has 0 aliphatic rings. The Hall–Kier alpha value is -1.68. The van der Waals surface area contributed by atoms with Crippen LogP contribution in [0.1, 0.15) is 29.7 Å². The van der Waals surface area contributed by atoms with E-state index in [9.17, 15) is 13.2 Å². The van der Waals surface area contributed by atoms with Crippen molar-refractivity contribution >= 4 is 17.3 Å². The van der Waals surface area contributed by atoms with Gasteiger partial charge in [0.15, 0.2) is 0 Å². The summed E-state index contributed by atoms with van der Waals surface area (Å²) >= 11 is 5.94. The van der Waals surface area contributed by atoms with Crippen molar-refractivity contribution in [2.75, 3.05) is 5.32 Å². The first-order chi connectivity index (χ1) is 9.80. The van der Waals surface area contributed by atoms with Crippen LogP contribution in [0.2, 0.25) is 5.02 Å². The average molecular weight is 314 g/mol. The molecule has 0 radical (unpaired) electrons. The minimum atomic E-state index is -4.45. The van der Waals surface area contributed by atoms with Gasteiger partial charge < -0.3 is 5.32 Å². The largest absolute Gasteiger partial charge is 0.418 e. The Morgan fingerprint density at radius 1 is 1.05 bits per heavy atom. The second-order valence-corrected chi connectivity index (χ2v) is 5.29. The number of para-hydroxylation sites is 1. The highest BCUT2D eigenvalue weighted by atomic mass is 35.5. The van der Waals surface area contributed by atoms with Crippen molar-refractivity contribution in [2.24, 2.45) is 0 Å². The van der Waals surface area contributed by atoms with E-state index in [0.717, 1.165) is 17.2 Å². The zero-order valence-corrected chi connectivity index (χ0v) is 12.4. The van der Waals surface area contributed by atoms with Crippen molar-refractivity contribution < 1.29 is 13.2 Å². The van der Waals surface area contributed by atoms with Gasteiger partial charge in [-0.2, -0.15) is 13.2 Å². The minimum absolute atomic E-state index is 0.0604. The van der Waals surface area contributed by atoms with E-state index in [1.54, 1.807) is 0 Å². The fourth-order valence-electron chi connectivity index (χ4n) is 2.27. The highest BCUT2D eigenvalue weighted by molar-refractivity contribution is 6.33.